The summed E-state index contributed by atoms with van der Waals surface area (Å²) in [7, 11) is 0. The molecule has 1 rings (SSSR count). The Morgan fingerprint density at radius 2 is 1.74 bits per heavy atom. The SMILES string of the molecule is CCCCC(CCC)c1cccc(C=NC(C)C)c1CC(C)C. The maximum atomic E-state index is 4.65. The second-order valence-electron chi connectivity index (χ2n) is 7.51. The number of aliphatic imine (C=N–C) groups is 1. The molecule has 1 atom stereocenters. The Bertz CT molecular complexity index is 471. The highest BCUT2D eigenvalue weighted by Crippen LogP contribution is 2.32. The van der Waals surface area contributed by atoms with Crippen LogP contribution in [0.2, 0.25) is 0 Å². The van der Waals surface area contributed by atoms with Gasteiger partial charge in [0.05, 0.1) is 0 Å². The fourth-order valence-corrected chi connectivity index (χ4v) is 3.25. The molecule has 0 N–H and O–H groups in total. The minimum atomic E-state index is 0.358. The van der Waals surface area contributed by atoms with E-state index in [-0.39, 0.29) is 0 Å². The standard InChI is InChI=1S/C22H37N/c1-7-9-12-19(11-8-2)21-14-10-13-20(16-23-18(5)6)22(21)15-17(3)4/h10,13-14,16-19H,7-9,11-12,15H2,1-6H3. The molecular weight excluding hydrogens is 278 g/mol. The van der Waals surface area contributed by atoms with E-state index in [1.165, 1.54) is 37.7 Å². The van der Waals surface area contributed by atoms with E-state index in [1.807, 2.05) is 0 Å². The highest BCUT2D eigenvalue weighted by atomic mass is 14.7. The first-order valence-corrected chi connectivity index (χ1v) is 9.64. The molecule has 1 nitrogen and oxygen atoms in total. The van der Waals surface area contributed by atoms with Crippen molar-refractivity contribution in [3.05, 3.63) is 34.9 Å². The Hall–Kier alpha value is -1.11. The molecular formula is C22H37N. The lowest BCUT2D eigenvalue weighted by Gasteiger charge is -2.23. The van der Waals surface area contributed by atoms with Crippen molar-refractivity contribution in [3.63, 3.8) is 0 Å². The number of unbranched alkanes of at least 4 members (excludes halogenated alkanes) is 1. The molecule has 1 heteroatoms. The van der Waals surface area contributed by atoms with E-state index in [9.17, 15) is 0 Å². The molecule has 0 amide bonds. The largest absolute Gasteiger partial charge is 0.290 e. The summed E-state index contributed by atoms with van der Waals surface area (Å²) in [6, 6.07) is 7.21. The zero-order valence-corrected chi connectivity index (χ0v) is 16.2. The third-order valence-electron chi connectivity index (χ3n) is 4.36. The normalized spacial score (nSPS) is 13.4. The number of benzene rings is 1. The van der Waals surface area contributed by atoms with Gasteiger partial charge >= 0.3 is 0 Å². The Kier molecular flexibility index (Phi) is 9.21. The molecule has 0 aliphatic rings. The van der Waals surface area contributed by atoms with Crippen LogP contribution >= 0.6 is 0 Å². The first kappa shape index (κ1) is 19.9. The highest BCUT2D eigenvalue weighted by molar-refractivity contribution is 5.82. The van der Waals surface area contributed by atoms with Crippen LogP contribution in [0.1, 0.15) is 96.3 Å². The fourth-order valence-electron chi connectivity index (χ4n) is 3.25. The summed E-state index contributed by atoms with van der Waals surface area (Å²) in [5.41, 5.74) is 4.46. The van der Waals surface area contributed by atoms with Crippen LogP contribution in [0.15, 0.2) is 23.2 Å². The lowest BCUT2D eigenvalue weighted by Crippen LogP contribution is -2.09. The first-order chi connectivity index (χ1) is 11.0. The molecule has 1 aromatic carbocycles. The smallest absolute Gasteiger partial charge is 0.0443 e. The molecule has 0 fully saturated rings. The van der Waals surface area contributed by atoms with Crippen LogP contribution in [-0.2, 0) is 6.42 Å². The topological polar surface area (TPSA) is 12.4 Å². The molecule has 0 aliphatic heterocycles. The lowest BCUT2D eigenvalue weighted by molar-refractivity contribution is 0.532. The summed E-state index contributed by atoms with van der Waals surface area (Å²) < 4.78 is 0. The monoisotopic (exact) mass is 315 g/mol. The molecule has 0 saturated carbocycles. The van der Waals surface area contributed by atoms with Gasteiger partial charge in [0, 0.05) is 12.3 Å². The van der Waals surface area contributed by atoms with Gasteiger partial charge in [-0.15, -0.1) is 0 Å². The van der Waals surface area contributed by atoms with E-state index in [0.717, 1.165) is 6.42 Å². The van der Waals surface area contributed by atoms with Gasteiger partial charge < -0.3 is 0 Å². The molecule has 1 unspecified atom stereocenters. The van der Waals surface area contributed by atoms with E-state index in [1.54, 1.807) is 11.1 Å². The van der Waals surface area contributed by atoms with Crippen molar-refractivity contribution in [2.45, 2.75) is 92.0 Å². The molecule has 23 heavy (non-hydrogen) atoms. The summed E-state index contributed by atoms with van der Waals surface area (Å²) in [4.78, 5) is 4.65. The summed E-state index contributed by atoms with van der Waals surface area (Å²) in [5.74, 6) is 1.39. The Balaban J connectivity index is 3.23. The Morgan fingerprint density at radius 1 is 1.00 bits per heavy atom. The molecule has 0 aliphatic carbocycles. The summed E-state index contributed by atoms with van der Waals surface area (Å²) in [6.07, 6.45) is 9.76. The van der Waals surface area contributed by atoms with Crippen molar-refractivity contribution in [1.29, 1.82) is 0 Å². The second-order valence-corrected chi connectivity index (χ2v) is 7.51. The first-order valence-electron chi connectivity index (χ1n) is 9.64. The van der Waals surface area contributed by atoms with Crippen LogP contribution in [-0.4, -0.2) is 12.3 Å². The van der Waals surface area contributed by atoms with Gasteiger partial charge in [-0.25, -0.2) is 0 Å². The quantitative estimate of drug-likeness (QED) is 0.422. The predicted molar refractivity (Wildman–Crippen MR) is 105 cm³/mol. The zero-order chi connectivity index (χ0) is 17.2. The molecule has 0 bridgehead atoms. The number of hydrogen-bond donors (Lipinski definition) is 0. The second kappa shape index (κ2) is 10.6. The third-order valence-corrected chi connectivity index (χ3v) is 4.36. The summed E-state index contributed by atoms with van der Waals surface area (Å²) in [6.45, 7) is 13.5. The van der Waals surface area contributed by atoms with Gasteiger partial charge in [0.2, 0.25) is 0 Å². The van der Waals surface area contributed by atoms with Gasteiger partial charge in [0.1, 0.15) is 0 Å². The predicted octanol–water partition coefficient (Wildman–Crippen LogP) is 6.79. The van der Waals surface area contributed by atoms with Gasteiger partial charge in [0.15, 0.2) is 0 Å². The van der Waals surface area contributed by atoms with Crippen LogP contribution in [0, 0.1) is 5.92 Å². The highest BCUT2D eigenvalue weighted by Gasteiger charge is 2.17. The van der Waals surface area contributed by atoms with Crippen molar-refractivity contribution < 1.29 is 0 Å². The minimum absolute atomic E-state index is 0.358. The van der Waals surface area contributed by atoms with Crippen molar-refractivity contribution in [2.75, 3.05) is 0 Å². The van der Waals surface area contributed by atoms with Crippen LogP contribution in [0.25, 0.3) is 0 Å². The Morgan fingerprint density at radius 3 is 2.30 bits per heavy atom. The molecule has 0 saturated heterocycles. The van der Waals surface area contributed by atoms with Crippen LogP contribution in [0.5, 0.6) is 0 Å². The molecule has 1 aromatic rings. The van der Waals surface area contributed by atoms with E-state index in [2.05, 4.69) is 70.9 Å². The van der Waals surface area contributed by atoms with Gasteiger partial charge in [0.25, 0.3) is 0 Å². The van der Waals surface area contributed by atoms with Crippen molar-refractivity contribution >= 4 is 6.21 Å². The summed E-state index contributed by atoms with van der Waals surface area (Å²) >= 11 is 0. The fraction of sp³-hybridized carbons (Fsp3) is 0.682. The van der Waals surface area contributed by atoms with E-state index >= 15 is 0 Å². The van der Waals surface area contributed by atoms with E-state index in [4.69, 9.17) is 0 Å². The minimum Gasteiger partial charge on any atom is -0.290 e. The average molecular weight is 316 g/mol. The van der Waals surface area contributed by atoms with Crippen molar-refractivity contribution in [2.24, 2.45) is 10.9 Å². The molecule has 0 radical (unpaired) electrons. The Labute approximate surface area is 144 Å². The van der Waals surface area contributed by atoms with Gasteiger partial charge in [-0.1, -0.05) is 65.2 Å². The van der Waals surface area contributed by atoms with Gasteiger partial charge in [-0.05, 0) is 61.6 Å². The van der Waals surface area contributed by atoms with Gasteiger partial charge in [-0.3, -0.25) is 4.99 Å². The maximum Gasteiger partial charge on any atom is 0.0443 e. The van der Waals surface area contributed by atoms with E-state index in [0.29, 0.717) is 17.9 Å². The number of hydrogen-bond acceptors (Lipinski definition) is 1. The molecule has 0 aromatic heterocycles. The zero-order valence-electron chi connectivity index (χ0n) is 16.2. The number of rotatable bonds is 10. The number of nitrogens with zero attached hydrogens (tertiary/aromatic N) is 1. The summed E-state index contributed by atoms with van der Waals surface area (Å²) in [5, 5.41) is 0. The molecule has 0 heterocycles. The van der Waals surface area contributed by atoms with Crippen molar-refractivity contribution in [1.82, 2.24) is 0 Å². The van der Waals surface area contributed by atoms with Crippen molar-refractivity contribution in [3.8, 4) is 0 Å². The van der Waals surface area contributed by atoms with E-state index < -0.39 is 0 Å². The van der Waals surface area contributed by atoms with Gasteiger partial charge in [-0.2, -0.15) is 0 Å². The van der Waals surface area contributed by atoms with Crippen LogP contribution < -0.4 is 0 Å². The maximum absolute atomic E-state index is 4.65. The van der Waals surface area contributed by atoms with Crippen LogP contribution in [0.4, 0.5) is 0 Å². The average Bonchev–Trinajstić information content (AvgIpc) is 2.50. The molecule has 0 spiro atoms. The lowest BCUT2D eigenvalue weighted by atomic mass is 9.82. The van der Waals surface area contributed by atoms with Crippen LogP contribution in [0.3, 0.4) is 0 Å². The molecule has 130 valence electrons. The third kappa shape index (κ3) is 6.89.